The molecule has 1 atom stereocenters. The third-order valence-corrected chi connectivity index (χ3v) is 6.34. The van der Waals surface area contributed by atoms with Gasteiger partial charge in [-0.2, -0.15) is 0 Å². The van der Waals surface area contributed by atoms with Crippen molar-refractivity contribution in [2.75, 3.05) is 39.9 Å². The summed E-state index contributed by atoms with van der Waals surface area (Å²) < 4.78 is 10.9. The SMILES string of the molecule is C=CCOc1ccc(C2/C(=C(\O)c3ccc(OC)cc3C)C(=O)C(=O)N2CCN(CC)CC)cc1. The van der Waals surface area contributed by atoms with Gasteiger partial charge in [0.25, 0.3) is 11.7 Å². The predicted octanol–water partition coefficient (Wildman–Crippen LogP) is 4.33. The van der Waals surface area contributed by atoms with Gasteiger partial charge >= 0.3 is 0 Å². The molecular formula is C28H34N2O5. The molecule has 186 valence electrons. The smallest absolute Gasteiger partial charge is 0.295 e. The van der Waals surface area contributed by atoms with Gasteiger partial charge in [-0.05, 0) is 61.5 Å². The Morgan fingerprint density at radius 1 is 1.11 bits per heavy atom. The lowest BCUT2D eigenvalue weighted by Gasteiger charge is -2.28. The number of aryl methyl sites for hydroxylation is 1. The molecule has 1 unspecified atom stereocenters. The van der Waals surface area contributed by atoms with Gasteiger partial charge in [0.05, 0.1) is 18.7 Å². The fourth-order valence-corrected chi connectivity index (χ4v) is 4.32. The van der Waals surface area contributed by atoms with E-state index < -0.39 is 17.7 Å². The summed E-state index contributed by atoms with van der Waals surface area (Å²) in [5, 5.41) is 11.3. The second-order valence-corrected chi connectivity index (χ2v) is 8.37. The lowest BCUT2D eigenvalue weighted by molar-refractivity contribution is -0.140. The Bertz CT molecular complexity index is 1100. The average Bonchev–Trinajstić information content (AvgIpc) is 3.12. The number of likely N-dealkylation sites (tertiary alicyclic amines) is 1. The molecule has 2 aromatic rings. The third kappa shape index (κ3) is 5.57. The number of benzene rings is 2. The topological polar surface area (TPSA) is 79.3 Å². The lowest BCUT2D eigenvalue weighted by Crippen LogP contribution is -2.38. The van der Waals surface area contributed by atoms with Gasteiger partial charge in [-0.1, -0.05) is 38.6 Å². The van der Waals surface area contributed by atoms with Crippen LogP contribution in [0.15, 0.2) is 60.7 Å². The Labute approximate surface area is 207 Å². The van der Waals surface area contributed by atoms with E-state index >= 15 is 0 Å². The maximum absolute atomic E-state index is 13.3. The molecule has 35 heavy (non-hydrogen) atoms. The number of nitrogens with zero attached hydrogens (tertiary/aromatic N) is 2. The first-order valence-electron chi connectivity index (χ1n) is 11.9. The highest BCUT2D eigenvalue weighted by Gasteiger charge is 2.46. The Hall–Kier alpha value is -3.58. The van der Waals surface area contributed by atoms with Crippen molar-refractivity contribution in [3.63, 3.8) is 0 Å². The van der Waals surface area contributed by atoms with Crippen molar-refractivity contribution < 1.29 is 24.2 Å². The monoisotopic (exact) mass is 478 g/mol. The number of hydrogen-bond acceptors (Lipinski definition) is 6. The molecule has 1 N–H and O–H groups in total. The van der Waals surface area contributed by atoms with Crippen LogP contribution in [0.1, 0.15) is 36.6 Å². The molecule has 0 radical (unpaired) electrons. The standard InChI is InChI=1S/C28H34N2O5/c1-6-17-35-21-11-9-20(10-12-21)25-24(26(31)23-14-13-22(34-5)18-19(23)4)27(32)28(33)30(25)16-15-29(7-2)8-3/h6,9-14,18,25,31H,1,7-8,15-17H2,2-5H3/b26-24+. The van der Waals surface area contributed by atoms with Crippen LogP contribution in [0.4, 0.5) is 0 Å². The molecule has 0 saturated carbocycles. The molecule has 7 heteroatoms. The minimum atomic E-state index is -0.708. The van der Waals surface area contributed by atoms with Gasteiger partial charge in [0.2, 0.25) is 0 Å². The van der Waals surface area contributed by atoms with E-state index in [0.717, 1.165) is 24.2 Å². The first kappa shape index (κ1) is 26.0. The van der Waals surface area contributed by atoms with Crippen LogP contribution in [-0.2, 0) is 9.59 Å². The zero-order chi connectivity index (χ0) is 25.5. The van der Waals surface area contributed by atoms with E-state index in [4.69, 9.17) is 9.47 Å². The molecule has 3 rings (SSSR count). The maximum atomic E-state index is 13.3. The predicted molar refractivity (Wildman–Crippen MR) is 137 cm³/mol. The number of aliphatic hydroxyl groups excluding tert-OH is 1. The normalized spacial score (nSPS) is 17.2. The molecule has 1 aliphatic heterocycles. The number of methoxy groups -OCH3 is 1. The number of Topliss-reactive ketones (excluding diaryl/α,β-unsaturated/α-hetero) is 1. The molecule has 1 aliphatic rings. The minimum Gasteiger partial charge on any atom is -0.507 e. The highest BCUT2D eigenvalue weighted by atomic mass is 16.5. The van der Waals surface area contributed by atoms with Crippen LogP contribution < -0.4 is 9.47 Å². The van der Waals surface area contributed by atoms with Gasteiger partial charge in [0.1, 0.15) is 23.9 Å². The van der Waals surface area contributed by atoms with Crippen LogP contribution in [0.5, 0.6) is 11.5 Å². The van der Waals surface area contributed by atoms with E-state index in [9.17, 15) is 14.7 Å². The number of aliphatic hydroxyl groups is 1. The molecule has 0 aromatic heterocycles. The molecule has 2 aromatic carbocycles. The van der Waals surface area contributed by atoms with Crippen LogP contribution in [0.25, 0.3) is 5.76 Å². The number of ketones is 1. The fraction of sp³-hybridized carbons (Fsp3) is 0.357. The van der Waals surface area contributed by atoms with Gasteiger partial charge < -0.3 is 24.4 Å². The number of hydrogen-bond donors (Lipinski definition) is 1. The highest BCUT2D eigenvalue weighted by Crippen LogP contribution is 2.40. The summed E-state index contributed by atoms with van der Waals surface area (Å²) in [5.74, 6) is -0.188. The second kappa shape index (κ2) is 11.7. The van der Waals surface area contributed by atoms with E-state index in [2.05, 4.69) is 25.3 Å². The molecule has 1 amide bonds. The van der Waals surface area contributed by atoms with E-state index in [1.807, 2.05) is 19.1 Å². The summed E-state index contributed by atoms with van der Waals surface area (Å²) in [6, 6.07) is 11.7. The molecule has 1 heterocycles. The molecule has 1 fully saturated rings. The summed E-state index contributed by atoms with van der Waals surface area (Å²) in [5.41, 5.74) is 2.04. The maximum Gasteiger partial charge on any atom is 0.295 e. The number of ether oxygens (including phenoxy) is 2. The number of rotatable bonds is 11. The molecule has 1 saturated heterocycles. The lowest BCUT2D eigenvalue weighted by atomic mass is 9.94. The van der Waals surface area contributed by atoms with Gasteiger partial charge in [0.15, 0.2) is 0 Å². The van der Waals surface area contributed by atoms with Gasteiger partial charge in [0, 0.05) is 18.7 Å². The Kier molecular flexibility index (Phi) is 8.71. The second-order valence-electron chi connectivity index (χ2n) is 8.37. The quantitative estimate of drug-likeness (QED) is 0.224. The van der Waals surface area contributed by atoms with Crippen molar-refractivity contribution in [3.05, 3.63) is 77.4 Å². The first-order valence-corrected chi connectivity index (χ1v) is 11.9. The van der Waals surface area contributed by atoms with E-state index in [-0.39, 0.29) is 11.3 Å². The van der Waals surface area contributed by atoms with Gasteiger partial charge in [-0.3, -0.25) is 9.59 Å². The summed E-state index contributed by atoms with van der Waals surface area (Å²) >= 11 is 0. The van der Waals surface area contributed by atoms with Crippen LogP contribution >= 0.6 is 0 Å². The highest BCUT2D eigenvalue weighted by molar-refractivity contribution is 6.46. The fourth-order valence-electron chi connectivity index (χ4n) is 4.32. The van der Waals surface area contributed by atoms with Crippen molar-refractivity contribution in [1.29, 1.82) is 0 Å². The number of carbonyl (C=O) groups is 2. The number of carbonyl (C=O) groups excluding carboxylic acids is 2. The van der Waals surface area contributed by atoms with E-state index in [1.165, 1.54) is 0 Å². The summed E-state index contributed by atoms with van der Waals surface area (Å²) in [6.45, 7) is 12.6. The first-order chi connectivity index (χ1) is 16.9. The van der Waals surface area contributed by atoms with Crippen LogP contribution in [0, 0.1) is 6.92 Å². The molecule has 7 nitrogen and oxygen atoms in total. The van der Waals surface area contributed by atoms with Crippen LogP contribution in [0.2, 0.25) is 0 Å². The molecule has 0 bridgehead atoms. The zero-order valence-electron chi connectivity index (χ0n) is 20.9. The van der Waals surface area contributed by atoms with Gasteiger partial charge in [-0.15, -0.1) is 0 Å². The van der Waals surface area contributed by atoms with E-state index in [0.29, 0.717) is 36.8 Å². The van der Waals surface area contributed by atoms with Crippen molar-refractivity contribution >= 4 is 17.4 Å². The number of amides is 1. The summed E-state index contributed by atoms with van der Waals surface area (Å²) in [6.07, 6.45) is 1.66. The van der Waals surface area contributed by atoms with Crippen LogP contribution in [-0.4, -0.2) is 66.5 Å². The minimum absolute atomic E-state index is 0.0857. The molecule has 0 spiro atoms. The van der Waals surface area contributed by atoms with Crippen molar-refractivity contribution in [3.8, 4) is 11.5 Å². The Morgan fingerprint density at radius 2 is 1.77 bits per heavy atom. The van der Waals surface area contributed by atoms with Gasteiger partial charge in [-0.25, -0.2) is 0 Å². The summed E-state index contributed by atoms with van der Waals surface area (Å²) in [7, 11) is 1.57. The van der Waals surface area contributed by atoms with Crippen molar-refractivity contribution in [2.45, 2.75) is 26.8 Å². The molecule has 0 aliphatic carbocycles. The summed E-state index contributed by atoms with van der Waals surface area (Å²) in [4.78, 5) is 30.2. The van der Waals surface area contributed by atoms with Crippen molar-refractivity contribution in [1.82, 2.24) is 9.80 Å². The largest absolute Gasteiger partial charge is 0.507 e. The Balaban J connectivity index is 2.09. The average molecular weight is 479 g/mol. The third-order valence-electron chi connectivity index (χ3n) is 6.34. The Morgan fingerprint density at radius 3 is 2.34 bits per heavy atom. The van der Waals surface area contributed by atoms with E-state index in [1.54, 1.807) is 48.4 Å². The number of likely N-dealkylation sites (N-methyl/N-ethyl adjacent to an activating group) is 1. The van der Waals surface area contributed by atoms with Crippen molar-refractivity contribution in [2.24, 2.45) is 0 Å². The zero-order valence-corrected chi connectivity index (χ0v) is 20.9. The molecular weight excluding hydrogens is 444 g/mol. The van der Waals surface area contributed by atoms with Crippen LogP contribution in [0.3, 0.4) is 0 Å².